The second-order valence-corrected chi connectivity index (χ2v) is 6.21. The van der Waals surface area contributed by atoms with Gasteiger partial charge in [0.05, 0.1) is 26.9 Å². The van der Waals surface area contributed by atoms with Crippen LogP contribution in [0, 0.1) is 0 Å². The van der Waals surface area contributed by atoms with Gasteiger partial charge in [0.2, 0.25) is 11.8 Å². The van der Waals surface area contributed by atoms with Crippen LogP contribution in [0.3, 0.4) is 0 Å². The molecule has 0 aliphatic rings. The van der Waals surface area contributed by atoms with Gasteiger partial charge in [-0.25, -0.2) is 0 Å². The molecule has 2 aromatic rings. The highest BCUT2D eigenvalue weighted by molar-refractivity contribution is 7.99. The van der Waals surface area contributed by atoms with E-state index >= 15 is 0 Å². The minimum absolute atomic E-state index is 0.0424. The third-order valence-corrected chi connectivity index (χ3v) is 4.80. The molecule has 5 nitrogen and oxygen atoms in total. The van der Waals surface area contributed by atoms with E-state index in [-0.39, 0.29) is 17.8 Å². The molecule has 0 saturated carbocycles. The van der Waals surface area contributed by atoms with Crippen molar-refractivity contribution < 1.29 is 14.6 Å². The molecule has 0 bridgehead atoms. The summed E-state index contributed by atoms with van der Waals surface area (Å²) in [5, 5.41) is 10.4. The highest BCUT2D eigenvalue weighted by Gasteiger charge is 2.24. The Morgan fingerprint density at radius 3 is 2.17 bits per heavy atom. The van der Waals surface area contributed by atoms with Crippen LogP contribution < -0.4 is 9.47 Å². The van der Waals surface area contributed by atoms with Gasteiger partial charge in [0.25, 0.3) is 0 Å². The molecule has 0 fully saturated rings. The Balaban J connectivity index is 2.24. The van der Waals surface area contributed by atoms with Gasteiger partial charge in [-0.15, -0.1) is 0 Å². The van der Waals surface area contributed by atoms with E-state index < -0.39 is 0 Å². The zero-order valence-corrected chi connectivity index (χ0v) is 14.4. The zero-order chi connectivity index (χ0) is 16.7. The molecular weight excluding hydrogens is 312 g/mol. The molecule has 0 spiro atoms. The standard InChI is InChI=1S/C17H22N2O3S/c1-4-13(12-8-6-5-7-9-12)14(11-20)23-17-18-15(21-2)10-16(19-17)22-3/h5-10,13-14,20H,4,11H2,1-3H3. The number of aliphatic hydroxyl groups is 1. The van der Waals surface area contributed by atoms with Crippen LogP contribution in [0.25, 0.3) is 0 Å². The van der Waals surface area contributed by atoms with Crippen LogP contribution in [0.5, 0.6) is 11.8 Å². The molecule has 124 valence electrons. The predicted octanol–water partition coefficient (Wildman–Crippen LogP) is 3.14. The summed E-state index contributed by atoms with van der Waals surface area (Å²) in [6.45, 7) is 2.16. The second-order valence-electron chi connectivity index (χ2n) is 5.00. The van der Waals surface area contributed by atoms with Crippen LogP contribution in [-0.2, 0) is 0 Å². The first-order valence-electron chi connectivity index (χ1n) is 7.51. The van der Waals surface area contributed by atoms with Gasteiger partial charge in [-0.2, -0.15) is 9.97 Å². The van der Waals surface area contributed by atoms with E-state index in [4.69, 9.17) is 9.47 Å². The van der Waals surface area contributed by atoms with Crippen molar-refractivity contribution in [3.63, 3.8) is 0 Å². The van der Waals surface area contributed by atoms with Crippen molar-refractivity contribution in [2.24, 2.45) is 0 Å². The average Bonchev–Trinajstić information content (AvgIpc) is 2.61. The van der Waals surface area contributed by atoms with E-state index in [1.165, 1.54) is 17.3 Å². The maximum atomic E-state index is 9.86. The van der Waals surface area contributed by atoms with Crippen molar-refractivity contribution in [1.82, 2.24) is 9.97 Å². The number of nitrogens with zero attached hydrogens (tertiary/aromatic N) is 2. The topological polar surface area (TPSA) is 64.5 Å². The van der Waals surface area contributed by atoms with Gasteiger partial charge in [0.1, 0.15) is 0 Å². The molecule has 6 heteroatoms. The summed E-state index contributed by atoms with van der Waals surface area (Å²) >= 11 is 1.44. The Hall–Kier alpha value is -1.79. The van der Waals surface area contributed by atoms with Gasteiger partial charge in [-0.1, -0.05) is 49.0 Å². The zero-order valence-electron chi connectivity index (χ0n) is 13.6. The smallest absolute Gasteiger partial charge is 0.220 e. The Labute approximate surface area is 141 Å². The lowest BCUT2D eigenvalue weighted by molar-refractivity contribution is 0.280. The van der Waals surface area contributed by atoms with Gasteiger partial charge >= 0.3 is 0 Å². The number of methoxy groups -OCH3 is 2. The number of hydrogen-bond acceptors (Lipinski definition) is 6. The Morgan fingerprint density at radius 2 is 1.70 bits per heavy atom. The number of aromatic nitrogens is 2. The molecule has 1 aromatic carbocycles. The van der Waals surface area contributed by atoms with Crippen LogP contribution in [0.4, 0.5) is 0 Å². The molecule has 2 rings (SSSR count). The van der Waals surface area contributed by atoms with Gasteiger partial charge in [-0.3, -0.25) is 0 Å². The lowest BCUT2D eigenvalue weighted by atomic mass is 9.93. The van der Waals surface area contributed by atoms with E-state index in [9.17, 15) is 5.11 Å². The highest BCUT2D eigenvalue weighted by Crippen LogP contribution is 2.35. The van der Waals surface area contributed by atoms with Gasteiger partial charge in [0, 0.05) is 5.25 Å². The molecule has 0 radical (unpaired) electrons. The van der Waals surface area contributed by atoms with E-state index in [0.29, 0.717) is 16.9 Å². The van der Waals surface area contributed by atoms with Crippen LogP contribution in [-0.4, -0.2) is 41.2 Å². The summed E-state index contributed by atoms with van der Waals surface area (Å²) < 4.78 is 10.4. The molecule has 0 saturated heterocycles. The Bertz CT molecular complexity index is 588. The number of ether oxygens (including phenoxy) is 2. The first-order valence-corrected chi connectivity index (χ1v) is 8.39. The SMILES string of the molecule is CCC(c1ccccc1)C(CO)Sc1nc(OC)cc(OC)n1. The van der Waals surface area contributed by atoms with Gasteiger partial charge in [-0.05, 0) is 17.9 Å². The molecule has 1 N–H and O–H groups in total. The van der Waals surface area contributed by atoms with E-state index in [2.05, 4.69) is 29.0 Å². The van der Waals surface area contributed by atoms with Crippen molar-refractivity contribution in [3.8, 4) is 11.8 Å². The number of rotatable bonds is 8. The predicted molar refractivity (Wildman–Crippen MR) is 91.3 cm³/mol. The fourth-order valence-corrected chi connectivity index (χ4v) is 3.59. The summed E-state index contributed by atoms with van der Waals surface area (Å²) in [4.78, 5) is 8.67. The fraction of sp³-hybridized carbons (Fsp3) is 0.412. The van der Waals surface area contributed by atoms with Crippen molar-refractivity contribution in [3.05, 3.63) is 42.0 Å². The van der Waals surface area contributed by atoms with Crippen LogP contribution in [0.1, 0.15) is 24.8 Å². The van der Waals surface area contributed by atoms with E-state index in [1.54, 1.807) is 20.3 Å². The molecule has 2 unspecified atom stereocenters. The third kappa shape index (κ3) is 4.59. The quantitative estimate of drug-likeness (QED) is 0.591. The summed E-state index contributed by atoms with van der Waals surface area (Å²) in [6, 6.07) is 11.8. The lowest BCUT2D eigenvalue weighted by Gasteiger charge is -2.24. The summed E-state index contributed by atoms with van der Waals surface area (Å²) in [5.74, 6) is 1.11. The van der Waals surface area contributed by atoms with Crippen molar-refractivity contribution >= 4 is 11.8 Å². The molecule has 1 heterocycles. The number of hydrogen-bond donors (Lipinski definition) is 1. The molecular formula is C17H22N2O3S. The maximum absolute atomic E-state index is 9.86. The fourth-order valence-electron chi connectivity index (χ4n) is 2.44. The Kier molecular flexibility index (Phi) is 6.67. The monoisotopic (exact) mass is 334 g/mol. The molecule has 23 heavy (non-hydrogen) atoms. The van der Waals surface area contributed by atoms with E-state index in [0.717, 1.165) is 6.42 Å². The minimum Gasteiger partial charge on any atom is -0.481 e. The third-order valence-electron chi connectivity index (χ3n) is 3.63. The van der Waals surface area contributed by atoms with E-state index in [1.807, 2.05) is 18.2 Å². The molecule has 0 aliphatic heterocycles. The number of aliphatic hydroxyl groups excluding tert-OH is 1. The van der Waals surface area contributed by atoms with Gasteiger partial charge < -0.3 is 14.6 Å². The minimum atomic E-state index is -0.0424. The largest absolute Gasteiger partial charge is 0.481 e. The van der Waals surface area contributed by atoms with Crippen molar-refractivity contribution in [1.29, 1.82) is 0 Å². The molecule has 2 atom stereocenters. The summed E-state index contributed by atoms with van der Waals surface area (Å²) in [6.07, 6.45) is 0.920. The average molecular weight is 334 g/mol. The lowest BCUT2D eigenvalue weighted by Crippen LogP contribution is -2.19. The van der Waals surface area contributed by atoms with Crippen molar-refractivity contribution in [2.45, 2.75) is 29.7 Å². The van der Waals surface area contributed by atoms with Gasteiger partial charge in [0.15, 0.2) is 5.16 Å². The molecule has 1 aromatic heterocycles. The van der Waals surface area contributed by atoms with Crippen LogP contribution in [0.2, 0.25) is 0 Å². The normalized spacial score (nSPS) is 13.4. The number of thioether (sulfide) groups is 1. The molecule has 0 amide bonds. The second kappa shape index (κ2) is 8.74. The first kappa shape index (κ1) is 17.6. The highest BCUT2D eigenvalue weighted by atomic mass is 32.2. The summed E-state index contributed by atoms with van der Waals surface area (Å²) in [7, 11) is 3.11. The number of benzene rings is 1. The van der Waals surface area contributed by atoms with Crippen LogP contribution >= 0.6 is 11.8 Å². The maximum Gasteiger partial charge on any atom is 0.220 e. The summed E-state index contributed by atoms with van der Waals surface area (Å²) in [5.41, 5.74) is 1.21. The van der Waals surface area contributed by atoms with Crippen molar-refractivity contribution in [2.75, 3.05) is 20.8 Å². The van der Waals surface area contributed by atoms with Crippen LogP contribution in [0.15, 0.2) is 41.6 Å². The first-order chi connectivity index (χ1) is 11.2. The molecule has 0 aliphatic carbocycles. The Morgan fingerprint density at radius 1 is 1.09 bits per heavy atom.